The van der Waals surface area contributed by atoms with Gasteiger partial charge < -0.3 is 14.7 Å². The van der Waals surface area contributed by atoms with Gasteiger partial charge in [0.15, 0.2) is 0 Å². The van der Waals surface area contributed by atoms with E-state index in [0.717, 1.165) is 52.1 Å². The standard InChI is InChI=1S/C20H26N4O/c1-17-7-9-24(10-8-17)20(25)18(15-21)16-22-11-13-23(14-12-22)19-5-3-2-4-6-19/h2-6,16-17H,7-14H2,1H3/b18-16-. The van der Waals surface area contributed by atoms with Crippen LogP contribution in [-0.4, -0.2) is 55.0 Å². The number of nitriles is 1. The normalized spacial score (nSPS) is 19.7. The fourth-order valence-electron chi connectivity index (χ4n) is 3.44. The average Bonchev–Trinajstić information content (AvgIpc) is 2.67. The van der Waals surface area contributed by atoms with Gasteiger partial charge in [0.1, 0.15) is 11.6 Å². The van der Waals surface area contributed by atoms with Gasteiger partial charge in [-0.1, -0.05) is 25.1 Å². The number of hydrogen-bond acceptors (Lipinski definition) is 4. The second-order valence-electron chi connectivity index (χ2n) is 6.99. The lowest BCUT2D eigenvalue weighted by Crippen LogP contribution is -2.45. The quantitative estimate of drug-likeness (QED) is 0.628. The Hall–Kier alpha value is -2.48. The molecule has 132 valence electrons. The van der Waals surface area contributed by atoms with Gasteiger partial charge in [0, 0.05) is 51.2 Å². The van der Waals surface area contributed by atoms with Crippen molar-refractivity contribution in [1.29, 1.82) is 5.26 Å². The molecular formula is C20H26N4O. The SMILES string of the molecule is CC1CCN(C(=O)/C(C#N)=C\N2CCN(c3ccccc3)CC2)CC1. The highest BCUT2D eigenvalue weighted by Gasteiger charge is 2.24. The number of piperidine rings is 1. The molecule has 1 aromatic carbocycles. The van der Waals surface area contributed by atoms with Crippen LogP contribution in [0.2, 0.25) is 0 Å². The number of para-hydroxylation sites is 1. The summed E-state index contributed by atoms with van der Waals surface area (Å²) in [5, 5.41) is 9.44. The molecule has 5 heteroatoms. The van der Waals surface area contributed by atoms with E-state index in [4.69, 9.17) is 0 Å². The Bertz CT molecular complexity index is 648. The number of likely N-dealkylation sites (tertiary alicyclic amines) is 1. The molecule has 0 spiro atoms. The van der Waals surface area contributed by atoms with Crippen molar-refractivity contribution in [2.75, 3.05) is 44.2 Å². The summed E-state index contributed by atoms with van der Waals surface area (Å²) in [6, 6.07) is 12.5. The van der Waals surface area contributed by atoms with Crippen LogP contribution >= 0.6 is 0 Å². The van der Waals surface area contributed by atoms with Crippen LogP contribution in [-0.2, 0) is 4.79 Å². The van der Waals surface area contributed by atoms with Crippen LogP contribution in [0.5, 0.6) is 0 Å². The predicted molar refractivity (Wildman–Crippen MR) is 98.9 cm³/mol. The molecule has 2 heterocycles. The Balaban J connectivity index is 1.58. The van der Waals surface area contributed by atoms with Crippen molar-refractivity contribution in [2.45, 2.75) is 19.8 Å². The zero-order valence-corrected chi connectivity index (χ0v) is 14.9. The smallest absolute Gasteiger partial charge is 0.266 e. The number of amides is 1. The van der Waals surface area contributed by atoms with Gasteiger partial charge in [-0.05, 0) is 30.9 Å². The van der Waals surface area contributed by atoms with Crippen molar-refractivity contribution in [2.24, 2.45) is 5.92 Å². The maximum Gasteiger partial charge on any atom is 0.266 e. The molecule has 0 unspecified atom stereocenters. The number of rotatable bonds is 3. The summed E-state index contributed by atoms with van der Waals surface area (Å²) in [4.78, 5) is 18.9. The largest absolute Gasteiger partial charge is 0.373 e. The third-order valence-corrected chi connectivity index (χ3v) is 5.17. The van der Waals surface area contributed by atoms with E-state index in [1.54, 1.807) is 6.20 Å². The highest BCUT2D eigenvalue weighted by molar-refractivity contribution is 5.97. The molecule has 0 bridgehead atoms. The van der Waals surface area contributed by atoms with Crippen molar-refractivity contribution in [3.05, 3.63) is 42.1 Å². The Morgan fingerprint density at radius 3 is 2.32 bits per heavy atom. The molecule has 2 saturated heterocycles. The number of hydrogen-bond donors (Lipinski definition) is 0. The Labute approximate surface area is 150 Å². The third kappa shape index (κ3) is 4.33. The first kappa shape index (κ1) is 17.3. The minimum absolute atomic E-state index is 0.111. The monoisotopic (exact) mass is 338 g/mol. The van der Waals surface area contributed by atoms with Crippen LogP contribution < -0.4 is 4.90 Å². The minimum atomic E-state index is -0.111. The van der Waals surface area contributed by atoms with Crippen LogP contribution in [0.1, 0.15) is 19.8 Å². The molecule has 0 saturated carbocycles. The van der Waals surface area contributed by atoms with Crippen LogP contribution in [0.4, 0.5) is 5.69 Å². The van der Waals surface area contributed by atoms with Gasteiger partial charge in [0.2, 0.25) is 0 Å². The van der Waals surface area contributed by atoms with Crippen LogP contribution in [0.15, 0.2) is 42.1 Å². The van der Waals surface area contributed by atoms with Crippen molar-refractivity contribution >= 4 is 11.6 Å². The molecule has 2 fully saturated rings. The van der Waals surface area contributed by atoms with Crippen LogP contribution in [0.3, 0.4) is 0 Å². The summed E-state index contributed by atoms with van der Waals surface area (Å²) in [5.41, 5.74) is 1.49. The Morgan fingerprint density at radius 2 is 1.72 bits per heavy atom. The first-order chi connectivity index (χ1) is 12.2. The Morgan fingerprint density at radius 1 is 1.08 bits per heavy atom. The number of piperazine rings is 1. The highest BCUT2D eigenvalue weighted by Crippen LogP contribution is 2.19. The average molecular weight is 338 g/mol. The summed E-state index contributed by atoms with van der Waals surface area (Å²) in [6.45, 7) is 7.19. The van der Waals surface area contributed by atoms with Crippen molar-refractivity contribution in [3.8, 4) is 6.07 Å². The number of anilines is 1. The lowest BCUT2D eigenvalue weighted by atomic mass is 9.99. The van der Waals surface area contributed by atoms with Gasteiger partial charge in [-0.2, -0.15) is 5.26 Å². The van der Waals surface area contributed by atoms with Gasteiger partial charge in [0.25, 0.3) is 5.91 Å². The first-order valence-electron chi connectivity index (χ1n) is 9.12. The molecule has 2 aliphatic heterocycles. The van der Waals surface area contributed by atoms with Gasteiger partial charge in [-0.15, -0.1) is 0 Å². The van der Waals surface area contributed by atoms with E-state index in [1.165, 1.54) is 5.69 Å². The molecule has 25 heavy (non-hydrogen) atoms. The third-order valence-electron chi connectivity index (χ3n) is 5.17. The van der Waals surface area contributed by atoms with Gasteiger partial charge >= 0.3 is 0 Å². The van der Waals surface area contributed by atoms with Gasteiger partial charge in [-0.3, -0.25) is 4.79 Å². The topological polar surface area (TPSA) is 50.6 Å². The van der Waals surface area contributed by atoms with Crippen molar-refractivity contribution < 1.29 is 4.79 Å². The van der Waals surface area contributed by atoms with E-state index in [2.05, 4.69) is 34.9 Å². The molecule has 1 aromatic rings. The predicted octanol–water partition coefficient (Wildman–Crippen LogP) is 2.47. The van der Waals surface area contributed by atoms with Gasteiger partial charge in [0.05, 0.1) is 0 Å². The van der Waals surface area contributed by atoms with E-state index >= 15 is 0 Å². The molecule has 0 aromatic heterocycles. The fourth-order valence-corrected chi connectivity index (χ4v) is 3.44. The van der Waals surface area contributed by atoms with E-state index < -0.39 is 0 Å². The minimum Gasteiger partial charge on any atom is -0.373 e. The van der Waals surface area contributed by atoms with E-state index in [9.17, 15) is 10.1 Å². The lowest BCUT2D eigenvalue weighted by Gasteiger charge is -2.36. The highest BCUT2D eigenvalue weighted by atomic mass is 16.2. The zero-order valence-electron chi connectivity index (χ0n) is 14.9. The molecular weight excluding hydrogens is 312 g/mol. The summed E-state index contributed by atoms with van der Waals surface area (Å²) in [7, 11) is 0. The number of nitrogens with zero attached hydrogens (tertiary/aromatic N) is 4. The van der Waals surface area contributed by atoms with E-state index in [1.807, 2.05) is 23.1 Å². The van der Waals surface area contributed by atoms with Crippen LogP contribution in [0, 0.1) is 17.2 Å². The lowest BCUT2D eigenvalue weighted by molar-refractivity contribution is -0.128. The number of carbonyl (C=O) groups is 1. The molecule has 2 aliphatic rings. The first-order valence-corrected chi connectivity index (χ1v) is 9.12. The summed E-state index contributed by atoms with van der Waals surface area (Å²) in [6.07, 6.45) is 3.82. The maximum absolute atomic E-state index is 12.6. The second-order valence-corrected chi connectivity index (χ2v) is 6.99. The Kier molecular flexibility index (Phi) is 5.60. The van der Waals surface area contributed by atoms with Gasteiger partial charge in [-0.25, -0.2) is 0 Å². The van der Waals surface area contributed by atoms with E-state index in [-0.39, 0.29) is 11.5 Å². The molecule has 0 radical (unpaired) electrons. The summed E-state index contributed by atoms with van der Waals surface area (Å²) in [5.74, 6) is 0.560. The summed E-state index contributed by atoms with van der Waals surface area (Å²) < 4.78 is 0. The van der Waals surface area contributed by atoms with Crippen LogP contribution in [0.25, 0.3) is 0 Å². The fraction of sp³-hybridized carbons (Fsp3) is 0.500. The van der Waals surface area contributed by atoms with E-state index in [0.29, 0.717) is 5.92 Å². The number of carbonyl (C=O) groups excluding carboxylic acids is 1. The molecule has 0 N–H and O–H groups in total. The molecule has 0 aliphatic carbocycles. The summed E-state index contributed by atoms with van der Waals surface area (Å²) >= 11 is 0. The molecule has 1 amide bonds. The molecule has 0 atom stereocenters. The molecule has 5 nitrogen and oxygen atoms in total. The zero-order chi connectivity index (χ0) is 17.6. The van der Waals surface area contributed by atoms with Crippen molar-refractivity contribution in [1.82, 2.24) is 9.80 Å². The molecule has 3 rings (SSSR count). The van der Waals surface area contributed by atoms with Crippen molar-refractivity contribution in [3.63, 3.8) is 0 Å². The maximum atomic E-state index is 12.6. The second kappa shape index (κ2) is 8.06. The number of benzene rings is 1.